The minimum absolute atomic E-state index is 0.196. The Hall–Kier alpha value is -1.39. The third kappa shape index (κ3) is 2.97. The van der Waals surface area contributed by atoms with E-state index in [4.69, 9.17) is 4.74 Å². The van der Waals surface area contributed by atoms with Gasteiger partial charge >= 0.3 is 17.9 Å². The standard InChI is InChI=1S/C16H24O5/c1-15(2,8-16(3,4)14(19)20)9-5-6-10-11(7-9)13(18)21-12(10)17/h9-11H,5-8H2,1-4H3,(H,19,20). The summed E-state index contributed by atoms with van der Waals surface area (Å²) in [6.07, 6.45) is 2.67. The lowest BCUT2D eigenvalue weighted by Gasteiger charge is -2.42. The first-order valence-corrected chi connectivity index (χ1v) is 7.53. The van der Waals surface area contributed by atoms with E-state index in [1.54, 1.807) is 13.8 Å². The fourth-order valence-corrected chi connectivity index (χ4v) is 4.03. The zero-order chi connectivity index (χ0) is 16.0. The van der Waals surface area contributed by atoms with E-state index in [1.807, 2.05) is 0 Å². The van der Waals surface area contributed by atoms with Gasteiger partial charge in [-0.25, -0.2) is 0 Å². The molecule has 1 N–H and O–H groups in total. The van der Waals surface area contributed by atoms with Crippen LogP contribution >= 0.6 is 0 Å². The highest BCUT2D eigenvalue weighted by Crippen LogP contribution is 2.49. The van der Waals surface area contributed by atoms with Crippen LogP contribution in [0.15, 0.2) is 0 Å². The largest absolute Gasteiger partial charge is 0.481 e. The normalized spacial score (nSPS) is 30.0. The summed E-state index contributed by atoms with van der Waals surface area (Å²) in [5.74, 6) is -1.97. The van der Waals surface area contributed by atoms with Gasteiger partial charge in [-0.2, -0.15) is 0 Å². The minimum atomic E-state index is -0.806. The highest BCUT2D eigenvalue weighted by atomic mass is 16.6. The first kappa shape index (κ1) is 16.0. The number of rotatable bonds is 4. The molecule has 3 unspecified atom stereocenters. The lowest BCUT2D eigenvalue weighted by molar-refractivity contribution is -0.154. The molecule has 2 fully saturated rings. The number of carbonyl (C=O) groups excluding carboxylic acids is 2. The first-order valence-electron chi connectivity index (χ1n) is 7.53. The van der Waals surface area contributed by atoms with Crippen LogP contribution in [-0.4, -0.2) is 23.0 Å². The van der Waals surface area contributed by atoms with Crippen molar-refractivity contribution in [2.45, 2.75) is 53.4 Å². The molecule has 5 heteroatoms. The van der Waals surface area contributed by atoms with Gasteiger partial charge in [0.2, 0.25) is 0 Å². The highest BCUT2D eigenvalue weighted by Gasteiger charge is 2.50. The molecule has 1 saturated carbocycles. The average Bonchev–Trinajstić information content (AvgIpc) is 2.63. The monoisotopic (exact) mass is 296 g/mol. The number of hydrogen-bond donors (Lipinski definition) is 1. The predicted octanol–water partition coefficient (Wildman–Crippen LogP) is 2.63. The molecule has 0 aromatic carbocycles. The molecule has 0 bridgehead atoms. The van der Waals surface area contributed by atoms with Gasteiger partial charge in [0.25, 0.3) is 0 Å². The number of aliphatic carboxylic acids is 1. The van der Waals surface area contributed by atoms with Crippen LogP contribution in [0, 0.1) is 28.6 Å². The van der Waals surface area contributed by atoms with Gasteiger partial charge in [0.15, 0.2) is 0 Å². The minimum Gasteiger partial charge on any atom is -0.481 e. The molecular weight excluding hydrogens is 272 g/mol. The quantitative estimate of drug-likeness (QED) is 0.637. The van der Waals surface area contributed by atoms with Crippen molar-refractivity contribution in [2.75, 3.05) is 0 Å². The van der Waals surface area contributed by atoms with Gasteiger partial charge in [-0.1, -0.05) is 13.8 Å². The number of carboxylic acid groups (broad SMARTS) is 1. The Morgan fingerprint density at radius 2 is 1.71 bits per heavy atom. The van der Waals surface area contributed by atoms with Crippen LogP contribution in [-0.2, 0) is 19.1 Å². The van der Waals surface area contributed by atoms with E-state index in [0.717, 1.165) is 6.42 Å². The van der Waals surface area contributed by atoms with Crippen molar-refractivity contribution < 1.29 is 24.2 Å². The average molecular weight is 296 g/mol. The topological polar surface area (TPSA) is 80.7 Å². The van der Waals surface area contributed by atoms with Crippen LogP contribution in [0.3, 0.4) is 0 Å². The van der Waals surface area contributed by atoms with Crippen LogP contribution in [0.1, 0.15) is 53.4 Å². The van der Waals surface area contributed by atoms with Gasteiger partial charge in [0.05, 0.1) is 17.3 Å². The van der Waals surface area contributed by atoms with Crippen molar-refractivity contribution in [2.24, 2.45) is 28.6 Å². The van der Waals surface area contributed by atoms with Gasteiger partial charge in [-0.15, -0.1) is 0 Å². The third-order valence-corrected chi connectivity index (χ3v) is 5.24. The van der Waals surface area contributed by atoms with E-state index in [9.17, 15) is 19.5 Å². The summed E-state index contributed by atoms with van der Waals surface area (Å²) < 4.78 is 4.74. The lowest BCUT2D eigenvalue weighted by atomic mass is 9.61. The number of ether oxygens (including phenoxy) is 1. The third-order valence-electron chi connectivity index (χ3n) is 5.24. The molecule has 0 radical (unpaired) electrons. The van der Waals surface area contributed by atoms with E-state index < -0.39 is 17.4 Å². The van der Waals surface area contributed by atoms with Gasteiger partial charge in [0.1, 0.15) is 0 Å². The second-order valence-electron chi connectivity index (χ2n) is 7.82. The summed E-state index contributed by atoms with van der Waals surface area (Å²) >= 11 is 0. The maximum absolute atomic E-state index is 11.7. The predicted molar refractivity (Wildman–Crippen MR) is 75.2 cm³/mol. The fraction of sp³-hybridized carbons (Fsp3) is 0.812. The second kappa shape index (κ2) is 5.11. The SMILES string of the molecule is CC(C)(CC(C)(C)C1CCC2C(=O)OC(=O)C2C1)C(=O)O. The Balaban J connectivity index is 2.10. The molecule has 1 heterocycles. The molecule has 1 aliphatic heterocycles. The van der Waals surface area contributed by atoms with Crippen molar-refractivity contribution >= 4 is 17.9 Å². The van der Waals surface area contributed by atoms with Crippen molar-refractivity contribution in [1.82, 2.24) is 0 Å². The first-order chi connectivity index (χ1) is 9.54. The Morgan fingerprint density at radius 3 is 2.29 bits per heavy atom. The Bertz CT molecular complexity index is 477. The zero-order valence-corrected chi connectivity index (χ0v) is 13.1. The van der Waals surface area contributed by atoms with Crippen molar-refractivity contribution in [3.63, 3.8) is 0 Å². The number of hydrogen-bond acceptors (Lipinski definition) is 4. The molecule has 1 aliphatic carbocycles. The molecule has 0 amide bonds. The van der Waals surface area contributed by atoms with Crippen molar-refractivity contribution in [1.29, 1.82) is 0 Å². The van der Waals surface area contributed by atoms with Crippen LogP contribution in [0.4, 0.5) is 0 Å². The molecule has 118 valence electrons. The van der Waals surface area contributed by atoms with Crippen molar-refractivity contribution in [3.05, 3.63) is 0 Å². The Morgan fingerprint density at radius 1 is 1.14 bits per heavy atom. The number of esters is 2. The van der Waals surface area contributed by atoms with Crippen LogP contribution in [0.25, 0.3) is 0 Å². The van der Waals surface area contributed by atoms with Gasteiger partial charge < -0.3 is 9.84 Å². The molecule has 2 rings (SSSR count). The number of fused-ring (bicyclic) bond motifs is 1. The van der Waals surface area contributed by atoms with Gasteiger partial charge in [-0.3, -0.25) is 14.4 Å². The van der Waals surface area contributed by atoms with E-state index >= 15 is 0 Å². The number of cyclic esters (lactones) is 2. The van der Waals surface area contributed by atoms with E-state index in [-0.39, 0.29) is 29.1 Å². The second-order valence-corrected chi connectivity index (χ2v) is 7.82. The molecule has 0 spiro atoms. The van der Waals surface area contributed by atoms with E-state index in [2.05, 4.69) is 13.8 Å². The molecular formula is C16H24O5. The van der Waals surface area contributed by atoms with Gasteiger partial charge in [0, 0.05) is 0 Å². The smallest absolute Gasteiger partial charge is 0.317 e. The van der Waals surface area contributed by atoms with Crippen molar-refractivity contribution in [3.8, 4) is 0 Å². The lowest BCUT2D eigenvalue weighted by Crippen LogP contribution is -2.39. The van der Waals surface area contributed by atoms with Crippen LogP contribution < -0.4 is 0 Å². The van der Waals surface area contributed by atoms with Gasteiger partial charge in [-0.05, 0) is 50.9 Å². The molecule has 5 nitrogen and oxygen atoms in total. The number of carboxylic acids is 1. The fourth-order valence-electron chi connectivity index (χ4n) is 4.03. The molecule has 21 heavy (non-hydrogen) atoms. The Labute approximate surface area is 125 Å². The maximum Gasteiger partial charge on any atom is 0.317 e. The Kier molecular flexibility index (Phi) is 3.89. The van der Waals surface area contributed by atoms with E-state index in [1.165, 1.54) is 0 Å². The summed E-state index contributed by atoms with van der Waals surface area (Å²) in [5.41, 5.74) is -0.995. The molecule has 2 aliphatic rings. The molecule has 0 aromatic rings. The number of carbonyl (C=O) groups is 3. The summed E-state index contributed by atoms with van der Waals surface area (Å²) in [5, 5.41) is 9.31. The zero-order valence-electron chi connectivity index (χ0n) is 13.1. The maximum atomic E-state index is 11.7. The highest BCUT2D eigenvalue weighted by molar-refractivity contribution is 5.96. The van der Waals surface area contributed by atoms with E-state index in [0.29, 0.717) is 19.3 Å². The van der Waals surface area contributed by atoms with Crippen LogP contribution in [0.5, 0.6) is 0 Å². The molecule has 1 saturated heterocycles. The molecule has 3 atom stereocenters. The summed E-state index contributed by atoms with van der Waals surface area (Å²) in [7, 11) is 0. The van der Waals surface area contributed by atoms with Crippen LogP contribution in [0.2, 0.25) is 0 Å². The summed E-state index contributed by atoms with van der Waals surface area (Å²) in [6, 6.07) is 0. The summed E-state index contributed by atoms with van der Waals surface area (Å²) in [4.78, 5) is 34.7. The molecule has 0 aromatic heterocycles. The summed E-state index contributed by atoms with van der Waals surface area (Å²) in [6.45, 7) is 7.59.